The number of carbonyl (C=O) groups excluding carboxylic acids is 1. The third kappa shape index (κ3) is 11.0. The quantitative estimate of drug-likeness (QED) is 0.251. The van der Waals surface area contributed by atoms with Crippen molar-refractivity contribution in [3.63, 3.8) is 0 Å². The second-order valence-corrected chi connectivity index (χ2v) is 8.36. The maximum absolute atomic E-state index is 11.9. The molecule has 0 saturated carbocycles. The van der Waals surface area contributed by atoms with Crippen LogP contribution in [0.3, 0.4) is 0 Å². The summed E-state index contributed by atoms with van der Waals surface area (Å²) in [6.07, 6.45) is 12.6. The van der Waals surface area contributed by atoms with E-state index in [0.29, 0.717) is 6.42 Å². The third-order valence-corrected chi connectivity index (χ3v) is 5.91. The normalized spacial score (nSPS) is 14.0. The molecule has 0 saturated heterocycles. The van der Waals surface area contributed by atoms with Gasteiger partial charge in [0.2, 0.25) is 0 Å². The van der Waals surface area contributed by atoms with Gasteiger partial charge in [-0.1, -0.05) is 71.1 Å². The maximum Gasteiger partial charge on any atom is 1.00 e. The Hall–Kier alpha value is 1.18. The third-order valence-electron chi connectivity index (χ3n) is 4.45. The van der Waals surface area contributed by atoms with E-state index in [2.05, 4.69) is 6.92 Å². The van der Waals surface area contributed by atoms with Gasteiger partial charge >= 0.3 is 51.4 Å². The van der Waals surface area contributed by atoms with E-state index in [1.165, 1.54) is 44.9 Å². The molecule has 24 heavy (non-hydrogen) atoms. The Morgan fingerprint density at radius 3 is 1.62 bits per heavy atom. The topological polar surface area (TPSA) is 94.5 Å². The Bertz CT molecular complexity index is 425. The van der Waals surface area contributed by atoms with Crippen LogP contribution >= 0.6 is 0 Å². The first-order chi connectivity index (χ1) is 10.8. The van der Waals surface area contributed by atoms with Gasteiger partial charge in [0.15, 0.2) is 5.78 Å². The van der Waals surface area contributed by atoms with Gasteiger partial charge in [-0.05, 0) is 13.3 Å². The molecule has 1 atom stereocenters. The van der Waals surface area contributed by atoms with Crippen LogP contribution in [0, 0.1) is 0 Å². The Morgan fingerprint density at radius 2 is 1.29 bits per heavy atom. The van der Waals surface area contributed by atoms with Crippen LogP contribution in [0.25, 0.3) is 0 Å². The fraction of sp³-hybridized carbons (Fsp3) is 0.941. The first kappa shape index (κ1) is 27.4. The van der Waals surface area contributed by atoms with E-state index in [-0.39, 0.29) is 57.8 Å². The minimum Gasteiger partial charge on any atom is -0.747 e. The zero-order valence-electron chi connectivity index (χ0n) is 15.7. The molecule has 0 aliphatic rings. The molecule has 7 heteroatoms. The van der Waals surface area contributed by atoms with Crippen molar-refractivity contribution in [2.45, 2.75) is 95.6 Å². The van der Waals surface area contributed by atoms with Gasteiger partial charge < -0.3 is 9.66 Å². The Balaban J connectivity index is 0. The maximum atomic E-state index is 11.9. The average Bonchev–Trinajstić information content (AvgIpc) is 2.50. The van der Waals surface area contributed by atoms with Crippen molar-refractivity contribution >= 4 is 15.9 Å². The van der Waals surface area contributed by atoms with E-state index in [0.717, 1.165) is 26.2 Å². The first-order valence-corrected chi connectivity index (χ1v) is 10.3. The van der Waals surface area contributed by atoms with Crippen LogP contribution in [0.4, 0.5) is 0 Å². The van der Waals surface area contributed by atoms with Crippen molar-refractivity contribution in [3.05, 3.63) is 0 Å². The van der Waals surface area contributed by atoms with E-state index in [1.54, 1.807) is 0 Å². The molecule has 0 rings (SSSR count). The fourth-order valence-corrected chi connectivity index (χ4v) is 3.06. The molecule has 0 aromatic rings. The zero-order chi connectivity index (χ0) is 17.8. The minimum absolute atomic E-state index is 0. The Morgan fingerprint density at radius 1 is 0.917 bits per heavy atom. The number of aliphatic hydroxyl groups excluding tert-OH is 1. The predicted octanol–water partition coefficient (Wildman–Crippen LogP) is 0.557. The molecule has 0 aromatic carbocycles. The summed E-state index contributed by atoms with van der Waals surface area (Å²) in [6.45, 7) is 2.27. The molecule has 0 aliphatic carbocycles. The standard InChI is InChI=1S/C17H34O5S.K/c1-3-4-5-6-7-8-9-10-11-12-13-14-16(19)17(2,15-18)23(20,21)22;/h18H,3-15H2,1-2H3,(H,20,21,22);/q;+1/p-1. The fourth-order valence-electron chi connectivity index (χ4n) is 2.52. The van der Waals surface area contributed by atoms with E-state index in [9.17, 15) is 17.8 Å². The summed E-state index contributed by atoms with van der Waals surface area (Å²) in [5.74, 6) is -0.675. The number of carbonyl (C=O) groups is 1. The molecule has 0 aliphatic heterocycles. The zero-order valence-corrected chi connectivity index (χ0v) is 19.6. The van der Waals surface area contributed by atoms with Gasteiger partial charge in [-0.3, -0.25) is 4.79 Å². The molecule has 1 unspecified atom stereocenters. The van der Waals surface area contributed by atoms with Crippen LogP contribution in [0.15, 0.2) is 0 Å². The first-order valence-electron chi connectivity index (χ1n) is 8.89. The van der Waals surface area contributed by atoms with E-state index >= 15 is 0 Å². The number of hydrogen-bond acceptors (Lipinski definition) is 5. The van der Waals surface area contributed by atoms with Crippen LogP contribution in [-0.2, 0) is 14.9 Å². The molecule has 0 aromatic heterocycles. The second-order valence-electron chi connectivity index (χ2n) is 6.55. The summed E-state index contributed by atoms with van der Waals surface area (Å²) in [4.78, 5) is 11.9. The number of ketones is 1. The molecule has 138 valence electrons. The molecular weight excluding hydrogens is 355 g/mol. The number of unbranched alkanes of at least 4 members (excludes halogenated alkanes) is 10. The summed E-state index contributed by atoms with van der Waals surface area (Å²) < 4.78 is 31.1. The van der Waals surface area contributed by atoms with Crippen molar-refractivity contribution in [2.24, 2.45) is 0 Å². The molecule has 0 radical (unpaired) electrons. The van der Waals surface area contributed by atoms with Crippen LogP contribution in [0.1, 0.15) is 90.9 Å². The van der Waals surface area contributed by atoms with E-state index in [1.807, 2.05) is 0 Å². The molecule has 5 nitrogen and oxygen atoms in total. The van der Waals surface area contributed by atoms with Crippen molar-refractivity contribution in [1.82, 2.24) is 0 Å². The van der Waals surface area contributed by atoms with E-state index < -0.39 is 27.3 Å². The predicted molar refractivity (Wildman–Crippen MR) is 91.3 cm³/mol. The smallest absolute Gasteiger partial charge is 0.747 e. The van der Waals surface area contributed by atoms with Gasteiger partial charge in [-0.2, -0.15) is 0 Å². The number of rotatable bonds is 15. The number of hydrogen-bond donors (Lipinski definition) is 1. The molecule has 0 bridgehead atoms. The summed E-state index contributed by atoms with van der Waals surface area (Å²) in [5, 5.41) is 9.07. The van der Waals surface area contributed by atoms with Crippen molar-refractivity contribution in [3.8, 4) is 0 Å². The average molecular weight is 389 g/mol. The summed E-state index contributed by atoms with van der Waals surface area (Å²) >= 11 is 0. The summed E-state index contributed by atoms with van der Waals surface area (Å²) in [7, 11) is -4.83. The molecule has 0 heterocycles. The largest absolute Gasteiger partial charge is 1.00 e. The molecule has 0 amide bonds. The summed E-state index contributed by atoms with van der Waals surface area (Å²) in [6, 6.07) is 0. The SMILES string of the molecule is CCCCCCCCCCCCCC(=O)C(C)(CO)S(=O)(=O)[O-].[K+]. The number of aliphatic hydroxyl groups is 1. The van der Waals surface area contributed by atoms with Crippen LogP contribution in [0.5, 0.6) is 0 Å². The van der Waals surface area contributed by atoms with Gasteiger partial charge in [-0.25, -0.2) is 8.42 Å². The van der Waals surface area contributed by atoms with E-state index in [4.69, 9.17) is 5.11 Å². The molecule has 1 N–H and O–H groups in total. The Kier molecular flexibility index (Phi) is 17.4. The monoisotopic (exact) mass is 388 g/mol. The van der Waals surface area contributed by atoms with Crippen LogP contribution < -0.4 is 51.4 Å². The van der Waals surface area contributed by atoms with Crippen molar-refractivity contribution in [2.75, 3.05) is 6.61 Å². The van der Waals surface area contributed by atoms with Crippen molar-refractivity contribution < 1.29 is 74.3 Å². The second kappa shape index (κ2) is 15.3. The van der Waals surface area contributed by atoms with Gasteiger partial charge in [0.25, 0.3) is 0 Å². The summed E-state index contributed by atoms with van der Waals surface area (Å²) in [5.41, 5.74) is 0. The van der Waals surface area contributed by atoms with Crippen LogP contribution in [-0.4, -0.2) is 35.2 Å². The van der Waals surface area contributed by atoms with Gasteiger partial charge in [0.1, 0.15) is 14.9 Å². The Labute approximate surface area is 190 Å². The van der Waals surface area contributed by atoms with Crippen molar-refractivity contribution in [1.29, 1.82) is 0 Å². The number of Topliss-reactive ketones (excluding diaryl/α,β-unsaturated/α-hetero) is 1. The molecule has 0 fully saturated rings. The van der Waals surface area contributed by atoms with Gasteiger partial charge in [0, 0.05) is 6.42 Å². The van der Waals surface area contributed by atoms with Crippen LogP contribution in [0.2, 0.25) is 0 Å². The van der Waals surface area contributed by atoms with Gasteiger partial charge in [-0.15, -0.1) is 0 Å². The van der Waals surface area contributed by atoms with Gasteiger partial charge in [0.05, 0.1) is 6.61 Å². The molecular formula is C17H33KO5S. The molecule has 0 spiro atoms. The minimum atomic E-state index is -4.83.